The van der Waals surface area contributed by atoms with E-state index in [-0.39, 0.29) is 17.1 Å². The number of carbonyl (C=O) groups excluding carboxylic acids is 1. The Morgan fingerprint density at radius 2 is 2.35 bits per heavy atom. The van der Waals surface area contributed by atoms with Crippen molar-refractivity contribution in [3.8, 4) is 0 Å². The zero-order valence-electron chi connectivity index (χ0n) is 11.3. The number of hydrogen-bond acceptors (Lipinski definition) is 4. The smallest absolute Gasteiger partial charge is 0.271 e. The molecule has 1 N–H and O–H groups in total. The summed E-state index contributed by atoms with van der Waals surface area (Å²) in [7, 11) is 0. The van der Waals surface area contributed by atoms with Gasteiger partial charge in [0.15, 0.2) is 6.10 Å². The highest BCUT2D eigenvalue weighted by Crippen LogP contribution is 2.23. The normalized spacial score (nSPS) is 19.1. The average Bonchev–Trinajstić information content (AvgIpc) is 2.93. The molecule has 2 aromatic rings. The lowest BCUT2D eigenvalue weighted by Gasteiger charge is -2.16. The van der Waals surface area contributed by atoms with Crippen LogP contribution in [0.3, 0.4) is 0 Å². The molecule has 5 nitrogen and oxygen atoms in total. The minimum atomic E-state index is -0.538. The number of thiocarbonyl (C=S) groups is 1. The molecule has 0 bridgehead atoms. The van der Waals surface area contributed by atoms with Crippen LogP contribution in [-0.4, -0.2) is 38.1 Å². The number of carbonyl (C=O) groups is 1. The molecule has 3 rings (SSSR count). The minimum Gasteiger partial charge on any atom is -0.457 e. The van der Waals surface area contributed by atoms with Crippen molar-refractivity contribution >= 4 is 34.3 Å². The average molecular weight is 289 g/mol. The van der Waals surface area contributed by atoms with Crippen LogP contribution >= 0.6 is 12.2 Å². The van der Waals surface area contributed by atoms with E-state index >= 15 is 0 Å². The van der Waals surface area contributed by atoms with Crippen molar-refractivity contribution in [1.29, 1.82) is 0 Å². The largest absolute Gasteiger partial charge is 0.457 e. The second-order valence-electron chi connectivity index (χ2n) is 5.09. The van der Waals surface area contributed by atoms with Gasteiger partial charge in [0.25, 0.3) is 11.1 Å². The van der Waals surface area contributed by atoms with Crippen LogP contribution in [0.15, 0.2) is 24.5 Å². The number of rotatable bonds is 3. The Balaban J connectivity index is 1.85. The molecular weight excluding hydrogens is 274 g/mol. The standard InChI is InChI=1S/C14H15N3O2S/c1-8(2)17-13(18)11(19-14(17)20)6-9-7-16-12-10(9)4-3-5-15-12/h3-5,7-8,11H,6H2,1-2H3,(H,15,16). The third kappa shape index (κ3) is 2.06. The minimum absolute atomic E-state index is 0.0182. The van der Waals surface area contributed by atoms with Crippen molar-refractivity contribution in [2.45, 2.75) is 32.4 Å². The van der Waals surface area contributed by atoms with Gasteiger partial charge >= 0.3 is 0 Å². The SMILES string of the molecule is CC(C)N1C(=O)C(Cc2c[nH]c3ncccc23)OC1=S. The number of aromatic amines is 1. The van der Waals surface area contributed by atoms with Crippen LogP contribution in [0.5, 0.6) is 0 Å². The fraction of sp³-hybridized carbons (Fsp3) is 0.357. The highest BCUT2D eigenvalue weighted by atomic mass is 32.1. The van der Waals surface area contributed by atoms with E-state index in [4.69, 9.17) is 17.0 Å². The van der Waals surface area contributed by atoms with Crippen molar-refractivity contribution in [2.75, 3.05) is 0 Å². The van der Waals surface area contributed by atoms with E-state index in [0.29, 0.717) is 6.42 Å². The molecule has 0 saturated carbocycles. The van der Waals surface area contributed by atoms with Crippen molar-refractivity contribution < 1.29 is 9.53 Å². The fourth-order valence-corrected chi connectivity index (χ4v) is 2.87. The van der Waals surface area contributed by atoms with Gasteiger partial charge in [0, 0.05) is 30.2 Å². The highest BCUT2D eigenvalue weighted by molar-refractivity contribution is 7.80. The predicted octanol–water partition coefficient (Wildman–Crippen LogP) is 2.03. The maximum Gasteiger partial charge on any atom is 0.271 e. The van der Waals surface area contributed by atoms with E-state index in [2.05, 4.69) is 9.97 Å². The molecule has 3 heterocycles. The molecule has 2 aromatic heterocycles. The lowest BCUT2D eigenvalue weighted by Crippen LogP contribution is -2.37. The van der Waals surface area contributed by atoms with Gasteiger partial charge in [-0.3, -0.25) is 9.69 Å². The first kappa shape index (κ1) is 13.1. The molecule has 20 heavy (non-hydrogen) atoms. The quantitative estimate of drug-likeness (QED) is 0.878. The summed E-state index contributed by atoms with van der Waals surface area (Å²) < 4.78 is 5.54. The molecule has 1 fully saturated rings. The molecule has 1 saturated heterocycles. The van der Waals surface area contributed by atoms with Crippen LogP contribution in [-0.2, 0) is 16.0 Å². The van der Waals surface area contributed by atoms with Crippen molar-refractivity contribution in [3.63, 3.8) is 0 Å². The Labute approximate surface area is 121 Å². The Morgan fingerprint density at radius 1 is 1.55 bits per heavy atom. The van der Waals surface area contributed by atoms with Crippen molar-refractivity contribution in [2.24, 2.45) is 0 Å². The van der Waals surface area contributed by atoms with Gasteiger partial charge in [-0.05, 0) is 43.8 Å². The molecule has 104 valence electrons. The van der Waals surface area contributed by atoms with E-state index in [1.54, 1.807) is 6.20 Å². The third-order valence-corrected chi connectivity index (χ3v) is 3.70. The summed E-state index contributed by atoms with van der Waals surface area (Å²) >= 11 is 5.13. The molecule has 0 spiro atoms. The molecule has 1 aliphatic heterocycles. The van der Waals surface area contributed by atoms with Gasteiger partial charge in [0.1, 0.15) is 5.65 Å². The fourth-order valence-electron chi connectivity index (χ4n) is 2.45. The second kappa shape index (κ2) is 4.86. The van der Waals surface area contributed by atoms with E-state index in [9.17, 15) is 4.79 Å². The number of hydrogen-bond donors (Lipinski definition) is 1. The number of nitrogens with one attached hydrogen (secondary N) is 1. The Morgan fingerprint density at radius 3 is 3.05 bits per heavy atom. The summed E-state index contributed by atoms with van der Waals surface area (Å²) in [6.45, 7) is 3.84. The monoisotopic (exact) mass is 289 g/mol. The van der Waals surface area contributed by atoms with E-state index in [1.807, 2.05) is 32.2 Å². The van der Waals surface area contributed by atoms with Crippen LogP contribution < -0.4 is 0 Å². The van der Waals surface area contributed by atoms with Gasteiger partial charge < -0.3 is 9.72 Å². The molecule has 1 atom stereocenters. The lowest BCUT2D eigenvalue weighted by atomic mass is 10.1. The number of ether oxygens (including phenoxy) is 1. The highest BCUT2D eigenvalue weighted by Gasteiger charge is 2.39. The zero-order valence-corrected chi connectivity index (χ0v) is 12.1. The van der Waals surface area contributed by atoms with E-state index in [0.717, 1.165) is 16.6 Å². The summed E-state index contributed by atoms with van der Waals surface area (Å²) in [5, 5.41) is 1.28. The van der Waals surface area contributed by atoms with E-state index in [1.165, 1.54) is 4.90 Å². The number of fused-ring (bicyclic) bond motifs is 1. The summed E-state index contributed by atoms with van der Waals surface area (Å²) in [5.74, 6) is -0.0664. The number of nitrogens with zero attached hydrogens (tertiary/aromatic N) is 2. The summed E-state index contributed by atoms with van der Waals surface area (Å²) in [6, 6.07) is 3.87. The van der Waals surface area contributed by atoms with Crippen LogP contribution in [0, 0.1) is 0 Å². The first-order valence-electron chi connectivity index (χ1n) is 6.52. The molecule has 0 aliphatic carbocycles. The van der Waals surface area contributed by atoms with Crippen LogP contribution in [0.1, 0.15) is 19.4 Å². The molecular formula is C14H15N3O2S. The maximum atomic E-state index is 12.3. The van der Waals surface area contributed by atoms with Gasteiger partial charge in [-0.2, -0.15) is 0 Å². The molecule has 6 heteroatoms. The first-order valence-corrected chi connectivity index (χ1v) is 6.93. The number of pyridine rings is 1. The Hall–Kier alpha value is -1.95. The molecule has 1 aliphatic rings. The van der Waals surface area contributed by atoms with Gasteiger partial charge in [-0.1, -0.05) is 0 Å². The van der Waals surface area contributed by atoms with Crippen molar-refractivity contribution in [1.82, 2.24) is 14.9 Å². The summed E-state index contributed by atoms with van der Waals surface area (Å²) in [4.78, 5) is 21.2. The molecule has 1 unspecified atom stereocenters. The topological polar surface area (TPSA) is 58.2 Å². The third-order valence-electron chi connectivity index (χ3n) is 3.41. The van der Waals surface area contributed by atoms with Gasteiger partial charge in [-0.25, -0.2) is 4.98 Å². The maximum absolute atomic E-state index is 12.3. The summed E-state index contributed by atoms with van der Waals surface area (Å²) in [6.07, 6.45) is 3.56. The zero-order chi connectivity index (χ0) is 14.3. The molecule has 0 aromatic carbocycles. The first-order chi connectivity index (χ1) is 9.58. The predicted molar refractivity (Wildman–Crippen MR) is 79.3 cm³/mol. The number of H-pyrrole nitrogens is 1. The van der Waals surface area contributed by atoms with Gasteiger partial charge in [0.2, 0.25) is 0 Å². The number of amides is 1. The molecule has 1 amide bonds. The second-order valence-corrected chi connectivity index (χ2v) is 5.44. The Bertz CT molecular complexity index is 680. The van der Waals surface area contributed by atoms with Crippen LogP contribution in [0.4, 0.5) is 0 Å². The van der Waals surface area contributed by atoms with Gasteiger partial charge in [0.05, 0.1) is 0 Å². The van der Waals surface area contributed by atoms with E-state index < -0.39 is 6.10 Å². The Kier molecular flexibility index (Phi) is 3.17. The van der Waals surface area contributed by atoms with Crippen LogP contribution in [0.2, 0.25) is 0 Å². The van der Waals surface area contributed by atoms with Crippen molar-refractivity contribution in [3.05, 3.63) is 30.1 Å². The lowest BCUT2D eigenvalue weighted by molar-refractivity contribution is -0.130. The van der Waals surface area contributed by atoms with Crippen LogP contribution in [0.25, 0.3) is 11.0 Å². The molecule has 0 radical (unpaired) electrons. The van der Waals surface area contributed by atoms with Gasteiger partial charge in [-0.15, -0.1) is 0 Å². The number of aromatic nitrogens is 2. The summed E-state index contributed by atoms with van der Waals surface area (Å²) in [5.41, 5.74) is 1.83.